The molecule has 0 unspecified atom stereocenters. The lowest BCUT2D eigenvalue weighted by molar-refractivity contribution is 0.0996. The molecule has 1 amide bonds. The van der Waals surface area contributed by atoms with Crippen LogP contribution in [0.15, 0.2) is 88.8 Å². The molecule has 0 radical (unpaired) electrons. The zero-order valence-electron chi connectivity index (χ0n) is 18.0. The fourth-order valence-electron chi connectivity index (χ4n) is 3.27. The second-order valence-electron chi connectivity index (χ2n) is 7.11. The van der Waals surface area contributed by atoms with Gasteiger partial charge in [0.1, 0.15) is 0 Å². The molecule has 7 nitrogen and oxygen atoms in total. The highest BCUT2D eigenvalue weighted by molar-refractivity contribution is 7.92. The Balaban J connectivity index is 1.58. The van der Waals surface area contributed by atoms with Crippen LogP contribution in [-0.4, -0.2) is 32.1 Å². The number of carbonyl (C=O) groups is 1. The summed E-state index contributed by atoms with van der Waals surface area (Å²) in [5.41, 5.74) is 1.73. The van der Waals surface area contributed by atoms with Gasteiger partial charge in [-0.25, -0.2) is 8.42 Å². The van der Waals surface area contributed by atoms with Crippen LogP contribution in [0.3, 0.4) is 0 Å². The number of fused-ring (bicyclic) bond motifs is 1. The number of hydrogen-bond acceptors (Lipinski definition) is 5. The Morgan fingerprint density at radius 1 is 1.00 bits per heavy atom. The van der Waals surface area contributed by atoms with Crippen molar-refractivity contribution in [3.8, 4) is 0 Å². The van der Waals surface area contributed by atoms with E-state index in [1.807, 2.05) is 35.8 Å². The Bertz CT molecular complexity index is 1420. The SMILES string of the molecule is CCOCCn1c(=NC(=O)c2ccc(NS(=O)(=O)c3ccccc3)cc2)sc2ccccc21. The van der Waals surface area contributed by atoms with Gasteiger partial charge in [0.25, 0.3) is 15.9 Å². The van der Waals surface area contributed by atoms with Crippen molar-refractivity contribution >= 4 is 43.2 Å². The number of amides is 1. The number of sulfonamides is 1. The highest BCUT2D eigenvalue weighted by Crippen LogP contribution is 2.18. The Morgan fingerprint density at radius 2 is 1.70 bits per heavy atom. The van der Waals surface area contributed by atoms with Crippen LogP contribution in [0.4, 0.5) is 5.69 Å². The fraction of sp³-hybridized carbons (Fsp3) is 0.167. The molecular weight excluding hydrogens is 458 g/mol. The van der Waals surface area contributed by atoms with Crippen molar-refractivity contribution in [3.63, 3.8) is 0 Å². The van der Waals surface area contributed by atoms with Crippen molar-refractivity contribution in [1.29, 1.82) is 0 Å². The van der Waals surface area contributed by atoms with E-state index in [0.29, 0.717) is 35.8 Å². The molecule has 0 aliphatic rings. The summed E-state index contributed by atoms with van der Waals surface area (Å²) in [6.45, 7) is 3.67. The molecule has 170 valence electrons. The number of rotatable bonds is 8. The molecule has 0 bridgehead atoms. The van der Waals surface area contributed by atoms with Crippen LogP contribution in [-0.2, 0) is 21.3 Å². The molecule has 9 heteroatoms. The van der Waals surface area contributed by atoms with Crippen LogP contribution in [0.1, 0.15) is 17.3 Å². The Hall–Kier alpha value is -3.27. The largest absolute Gasteiger partial charge is 0.380 e. The van der Waals surface area contributed by atoms with Gasteiger partial charge in [-0.1, -0.05) is 41.7 Å². The van der Waals surface area contributed by atoms with E-state index in [1.54, 1.807) is 42.5 Å². The average Bonchev–Trinajstić information content (AvgIpc) is 3.17. The number of hydrogen-bond donors (Lipinski definition) is 1. The van der Waals surface area contributed by atoms with Crippen LogP contribution in [0.25, 0.3) is 10.2 Å². The Kier molecular flexibility index (Phi) is 7.02. The summed E-state index contributed by atoms with van der Waals surface area (Å²) in [6, 6.07) is 22.2. The monoisotopic (exact) mass is 481 g/mol. The molecule has 1 N–H and O–H groups in total. The molecule has 1 aromatic heterocycles. The summed E-state index contributed by atoms with van der Waals surface area (Å²) in [5.74, 6) is -0.399. The average molecular weight is 482 g/mol. The lowest BCUT2D eigenvalue weighted by Crippen LogP contribution is -2.19. The van der Waals surface area contributed by atoms with Gasteiger partial charge in [-0.2, -0.15) is 4.99 Å². The van der Waals surface area contributed by atoms with E-state index in [-0.39, 0.29) is 4.90 Å². The number of ether oxygens (including phenoxy) is 1. The van der Waals surface area contributed by atoms with E-state index >= 15 is 0 Å². The van der Waals surface area contributed by atoms with E-state index in [2.05, 4.69) is 9.71 Å². The quantitative estimate of drug-likeness (QED) is 0.380. The fourth-order valence-corrected chi connectivity index (χ4v) is 5.40. The molecule has 0 atom stereocenters. The van der Waals surface area contributed by atoms with Crippen molar-refractivity contribution in [1.82, 2.24) is 4.57 Å². The zero-order chi connectivity index (χ0) is 23.3. The van der Waals surface area contributed by atoms with Gasteiger partial charge < -0.3 is 9.30 Å². The maximum absolute atomic E-state index is 12.8. The number of carbonyl (C=O) groups excluding carboxylic acids is 1. The number of nitrogens with one attached hydrogen (secondary N) is 1. The van der Waals surface area contributed by atoms with Gasteiger partial charge in [-0.05, 0) is 55.5 Å². The molecule has 4 rings (SSSR count). The van der Waals surface area contributed by atoms with Gasteiger partial charge in [-0.3, -0.25) is 9.52 Å². The molecule has 4 aromatic rings. The molecule has 0 aliphatic heterocycles. The highest BCUT2D eigenvalue weighted by atomic mass is 32.2. The van der Waals surface area contributed by atoms with E-state index in [9.17, 15) is 13.2 Å². The normalized spacial score (nSPS) is 12.2. The summed E-state index contributed by atoms with van der Waals surface area (Å²) in [7, 11) is -3.70. The molecule has 0 saturated carbocycles. The van der Waals surface area contributed by atoms with Gasteiger partial charge >= 0.3 is 0 Å². The number of para-hydroxylation sites is 1. The first-order valence-corrected chi connectivity index (χ1v) is 12.7. The van der Waals surface area contributed by atoms with Gasteiger partial charge in [0.2, 0.25) is 0 Å². The topological polar surface area (TPSA) is 89.8 Å². The summed E-state index contributed by atoms with van der Waals surface area (Å²) < 4.78 is 36.0. The van der Waals surface area contributed by atoms with Crippen molar-refractivity contribution < 1.29 is 17.9 Å². The predicted octanol–water partition coefficient (Wildman–Crippen LogP) is 4.28. The van der Waals surface area contributed by atoms with Crippen LogP contribution in [0.2, 0.25) is 0 Å². The van der Waals surface area contributed by atoms with Gasteiger partial charge in [0.05, 0.1) is 21.7 Å². The molecule has 0 aliphatic carbocycles. The molecular formula is C24H23N3O4S2. The summed E-state index contributed by atoms with van der Waals surface area (Å²) >= 11 is 1.44. The smallest absolute Gasteiger partial charge is 0.279 e. The Morgan fingerprint density at radius 3 is 2.42 bits per heavy atom. The molecule has 0 saturated heterocycles. The van der Waals surface area contributed by atoms with Crippen molar-refractivity contribution in [2.45, 2.75) is 18.4 Å². The van der Waals surface area contributed by atoms with E-state index in [0.717, 1.165) is 10.2 Å². The van der Waals surface area contributed by atoms with Crippen LogP contribution >= 0.6 is 11.3 Å². The first kappa shape index (κ1) is 22.9. The minimum absolute atomic E-state index is 0.168. The van der Waals surface area contributed by atoms with E-state index < -0.39 is 15.9 Å². The minimum atomic E-state index is -3.70. The third-order valence-corrected chi connectivity index (χ3v) is 7.34. The maximum Gasteiger partial charge on any atom is 0.279 e. The Labute approximate surface area is 196 Å². The van der Waals surface area contributed by atoms with Crippen molar-refractivity contribution in [3.05, 3.63) is 89.2 Å². The number of aromatic nitrogens is 1. The van der Waals surface area contributed by atoms with Crippen molar-refractivity contribution in [2.24, 2.45) is 4.99 Å². The van der Waals surface area contributed by atoms with Crippen molar-refractivity contribution in [2.75, 3.05) is 17.9 Å². The van der Waals surface area contributed by atoms with E-state index in [1.165, 1.54) is 23.5 Å². The molecule has 3 aromatic carbocycles. The summed E-state index contributed by atoms with van der Waals surface area (Å²) in [6.07, 6.45) is 0. The van der Waals surface area contributed by atoms with Gasteiger partial charge in [0, 0.05) is 24.4 Å². The third-order valence-electron chi connectivity index (χ3n) is 4.89. The first-order chi connectivity index (χ1) is 16.0. The molecule has 0 fully saturated rings. The molecule has 33 heavy (non-hydrogen) atoms. The van der Waals surface area contributed by atoms with Crippen LogP contribution in [0, 0.1) is 0 Å². The van der Waals surface area contributed by atoms with Gasteiger partial charge in [0.15, 0.2) is 4.80 Å². The number of thiazole rings is 1. The molecule has 1 heterocycles. The second-order valence-corrected chi connectivity index (χ2v) is 9.81. The molecule has 0 spiro atoms. The standard InChI is InChI=1S/C24H23N3O4S2/c1-2-31-17-16-27-21-10-6-7-11-22(21)32-24(27)25-23(28)18-12-14-19(15-13-18)26-33(29,30)20-8-4-3-5-9-20/h3-15,26H,2,16-17H2,1H3. The maximum atomic E-state index is 12.8. The second kappa shape index (κ2) is 10.1. The van der Waals surface area contributed by atoms with E-state index in [4.69, 9.17) is 4.74 Å². The van der Waals surface area contributed by atoms with Crippen LogP contribution < -0.4 is 9.52 Å². The zero-order valence-corrected chi connectivity index (χ0v) is 19.6. The predicted molar refractivity (Wildman–Crippen MR) is 130 cm³/mol. The summed E-state index contributed by atoms with van der Waals surface area (Å²) in [5, 5.41) is 0. The number of nitrogens with zero attached hydrogens (tertiary/aromatic N) is 2. The number of benzene rings is 3. The lowest BCUT2D eigenvalue weighted by atomic mass is 10.2. The lowest BCUT2D eigenvalue weighted by Gasteiger charge is -2.08. The summed E-state index contributed by atoms with van der Waals surface area (Å²) in [4.78, 5) is 18.0. The highest BCUT2D eigenvalue weighted by Gasteiger charge is 2.14. The third kappa shape index (κ3) is 5.39. The number of anilines is 1. The minimum Gasteiger partial charge on any atom is -0.380 e. The van der Waals surface area contributed by atoms with Crippen LogP contribution in [0.5, 0.6) is 0 Å². The van der Waals surface area contributed by atoms with Gasteiger partial charge in [-0.15, -0.1) is 0 Å². The first-order valence-electron chi connectivity index (χ1n) is 10.4.